The van der Waals surface area contributed by atoms with Crippen LogP contribution in [-0.2, 0) is 9.53 Å². The molecule has 0 saturated carbocycles. The predicted octanol–water partition coefficient (Wildman–Crippen LogP) is 2.92. The summed E-state index contributed by atoms with van der Waals surface area (Å²) in [6.07, 6.45) is 0. The van der Waals surface area contributed by atoms with Crippen LogP contribution in [0.1, 0.15) is 12.5 Å². The van der Waals surface area contributed by atoms with Gasteiger partial charge < -0.3 is 4.74 Å². The molecule has 0 amide bonds. The normalized spacial score (nSPS) is 11.4. The molecule has 3 nitrogen and oxygen atoms in total. The number of benzene rings is 1. The number of hydrogen-bond donors (Lipinski definition) is 0. The number of esters is 1. The zero-order valence-corrected chi connectivity index (χ0v) is 10.5. The van der Waals surface area contributed by atoms with Crippen molar-refractivity contribution in [3.05, 3.63) is 39.9 Å². The molecule has 0 fully saturated rings. The Morgan fingerprint density at radius 3 is 2.69 bits per heavy atom. The van der Waals surface area contributed by atoms with Gasteiger partial charge >= 0.3 is 5.97 Å². The lowest BCUT2D eigenvalue weighted by Gasteiger charge is -2.04. The minimum atomic E-state index is -0.611. The molecule has 1 aromatic rings. The van der Waals surface area contributed by atoms with Gasteiger partial charge in [0.05, 0.1) is 7.11 Å². The highest BCUT2D eigenvalue weighted by atomic mass is 79.9. The summed E-state index contributed by atoms with van der Waals surface area (Å²) < 4.78 is 5.44. The maximum absolute atomic E-state index is 11.3. The van der Waals surface area contributed by atoms with Crippen LogP contribution in [0.2, 0.25) is 0 Å². The van der Waals surface area contributed by atoms with Crippen molar-refractivity contribution in [3.63, 3.8) is 0 Å². The Morgan fingerprint density at radius 2 is 2.19 bits per heavy atom. The molecule has 0 heterocycles. The number of rotatable bonds is 2. The van der Waals surface area contributed by atoms with Crippen LogP contribution in [0.15, 0.2) is 34.3 Å². The Kier molecular flexibility index (Phi) is 4.27. The van der Waals surface area contributed by atoms with Crippen molar-refractivity contribution in [1.82, 2.24) is 0 Å². The molecular weight excluding hydrogens is 270 g/mol. The molecule has 0 atom stereocenters. The van der Waals surface area contributed by atoms with Gasteiger partial charge in [0, 0.05) is 4.47 Å². The van der Waals surface area contributed by atoms with Crippen LogP contribution >= 0.6 is 15.9 Å². The van der Waals surface area contributed by atoms with Crippen LogP contribution in [-0.4, -0.2) is 13.1 Å². The standard InChI is InChI=1S/C12H10BrNO2/c1-8(11(7-14)12(15)16-2)9-4-3-5-10(13)6-9/h3-6H,1-2H3. The van der Waals surface area contributed by atoms with Gasteiger partial charge in [0.1, 0.15) is 11.6 Å². The minimum absolute atomic E-state index is 0.0283. The van der Waals surface area contributed by atoms with Gasteiger partial charge in [-0.2, -0.15) is 5.26 Å². The van der Waals surface area contributed by atoms with E-state index in [1.165, 1.54) is 7.11 Å². The van der Waals surface area contributed by atoms with Crippen molar-refractivity contribution in [2.45, 2.75) is 6.92 Å². The summed E-state index contributed by atoms with van der Waals surface area (Å²) >= 11 is 3.33. The lowest BCUT2D eigenvalue weighted by Crippen LogP contribution is -2.05. The first-order valence-corrected chi connectivity index (χ1v) is 5.34. The van der Waals surface area contributed by atoms with Crippen LogP contribution in [0.5, 0.6) is 0 Å². The van der Waals surface area contributed by atoms with Crippen molar-refractivity contribution in [1.29, 1.82) is 5.26 Å². The first-order valence-electron chi connectivity index (χ1n) is 4.55. The number of allylic oxidation sites excluding steroid dienone is 1. The molecule has 0 bridgehead atoms. The average molecular weight is 280 g/mol. The molecule has 0 spiro atoms. The Bertz CT molecular complexity index is 486. The smallest absolute Gasteiger partial charge is 0.348 e. The molecule has 4 heteroatoms. The van der Waals surface area contributed by atoms with E-state index >= 15 is 0 Å². The molecule has 0 unspecified atom stereocenters. The Balaban J connectivity index is 3.26. The maximum Gasteiger partial charge on any atom is 0.348 e. The van der Waals surface area contributed by atoms with E-state index in [0.717, 1.165) is 10.0 Å². The molecule has 1 aromatic carbocycles. The lowest BCUT2D eigenvalue weighted by atomic mass is 10.0. The van der Waals surface area contributed by atoms with E-state index in [2.05, 4.69) is 20.7 Å². The van der Waals surface area contributed by atoms with Crippen molar-refractivity contribution in [2.24, 2.45) is 0 Å². The third-order valence-electron chi connectivity index (χ3n) is 2.13. The van der Waals surface area contributed by atoms with E-state index in [-0.39, 0.29) is 5.57 Å². The molecule has 0 aliphatic heterocycles. The van der Waals surface area contributed by atoms with Gasteiger partial charge in [0.15, 0.2) is 0 Å². The van der Waals surface area contributed by atoms with Crippen LogP contribution in [0.25, 0.3) is 5.57 Å². The maximum atomic E-state index is 11.3. The fraction of sp³-hybridized carbons (Fsp3) is 0.167. The highest BCUT2D eigenvalue weighted by Gasteiger charge is 2.13. The summed E-state index contributed by atoms with van der Waals surface area (Å²) in [5.41, 5.74) is 1.45. The highest BCUT2D eigenvalue weighted by Crippen LogP contribution is 2.22. The van der Waals surface area contributed by atoms with Gasteiger partial charge in [-0.1, -0.05) is 28.1 Å². The predicted molar refractivity (Wildman–Crippen MR) is 64.4 cm³/mol. The second-order valence-electron chi connectivity index (χ2n) is 3.11. The number of nitrogens with zero attached hydrogens (tertiary/aromatic N) is 1. The number of ether oxygens (including phenoxy) is 1. The van der Waals surface area contributed by atoms with E-state index in [1.54, 1.807) is 6.92 Å². The van der Waals surface area contributed by atoms with E-state index in [9.17, 15) is 4.79 Å². The molecule has 0 aromatic heterocycles. The molecule has 1 rings (SSSR count). The summed E-state index contributed by atoms with van der Waals surface area (Å²) in [4.78, 5) is 11.3. The summed E-state index contributed by atoms with van der Waals surface area (Å²) in [6.45, 7) is 1.72. The summed E-state index contributed by atoms with van der Waals surface area (Å²) in [6, 6.07) is 9.26. The third-order valence-corrected chi connectivity index (χ3v) is 2.63. The number of carbonyl (C=O) groups excluding carboxylic acids is 1. The van der Waals surface area contributed by atoms with Crippen molar-refractivity contribution >= 4 is 27.5 Å². The molecule has 0 N–H and O–H groups in total. The lowest BCUT2D eigenvalue weighted by molar-refractivity contribution is -0.135. The topological polar surface area (TPSA) is 50.1 Å². The number of carbonyl (C=O) groups is 1. The van der Waals surface area contributed by atoms with Gasteiger partial charge in [-0.15, -0.1) is 0 Å². The molecule has 0 aliphatic carbocycles. The zero-order chi connectivity index (χ0) is 12.1. The Labute approximate surface area is 102 Å². The first-order chi connectivity index (χ1) is 7.60. The van der Waals surface area contributed by atoms with Gasteiger partial charge in [0.2, 0.25) is 0 Å². The Morgan fingerprint density at radius 1 is 1.50 bits per heavy atom. The van der Waals surface area contributed by atoms with Crippen LogP contribution in [0.3, 0.4) is 0 Å². The van der Waals surface area contributed by atoms with Gasteiger partial charge in [-0.3, -0.25) is 0 Å². The summed E-state index contributed by atoms with van der Waals surface area (Å²) in [5, 5.41) is 8.91. The monoisotopic (exact) mass is 279 g/mol. The van der Waals surface area contributed by atoms with Crippen LogP contribution < -0.4 is 0 Å². The molecule has 82 valence electrons. The molecular formula is C12H10BrNO2. The molecule has 16 heavy (non-hydrogen) atoms. The largest absolute Gasteiger partial charge is 0.465 e. The van der Waals surface area contributed by atoms with E-state index < -0.39 is 5.97 Å². The number of hydrogen-bond acceptors (Lipinski definition) is 3. The van der Waals surface area contributed by atoms with E-state index in [4.69, 9.17) is 5.26 Å². The fourth-order valence-electron chi connectivity index (χ4n) is 1.25. The third kappa shape index (κ3) is 2.71. The average Bonchev–Trinajstić information content (AvgIpc) is 2.29. The zero-order valence-electron chi connectivity index (χ0n) is 8.95. The number of methoxy groups -OCH3 is 1. The van der Waals surface area contributed by atoms with Crippen molar-refractivity contribution in [3.8, 4) is 6.07 Å². The minimum Gasteiger partial charge on any atom is -0.465 e. The molecule has 0 aliphatic rings. The number of nitriles is 1. The quantitative estimate of drug-likeness (QED) is 0.475. The number of halogens is 1. The van der Waals surface area contributed by atoms with Crippen LogP contribution in [0, 0.1) is 11.3 Å². The van der Waals surface area contributed by atoms with Crippen molar-refractivity contribution in [2.75, 3.05) is 7.11 Å². The second kappa shape index (κ2) is 5.47. The van der Waals surface area contributed by atoms with E-state index in [0.29, 0.717) is 5.57 Å². The summed E-state index contributed by atoms with van der Waals surface area (Å²) in [5.74, 6) is -0.611. The van der Waals surface area contributed by atoms with E-state index in [1.807, 2.05) is 30.3 Å². The first kappa shape index (κ1) is 12.5. The summed E-state index contributed by atoms with van der Waals surface area (Å²) in [7, 11) is 1.26. The highest BCUT2D eigenvalue weighted by molar-refractivity contribution is 9.10. The molecule has 0 radical (unpaired) electrons. The van der Waals surface area contributed by atoms with Gasteiger partial charge in [-0.25, -0.2) is 4.79 Å². The fourth-order valence-corrected chi connectivity index (χ4v) is 1.65. The SMILES string of the molecule is COC(=O)C(C#N)=C(C)c1cccc(Br)c1. The Hall–Kier alpha value is -1.60. The van der Waals surface area contributed by atoms with Crippen molar-refractivity contribution < 1.29 is 9.53 Å². The molecule has 0 saturated heterocycles. The van der Waals surface area contributed by atoms with Gasteiger partial charge in [0.25, 0.3) is 0 Å². The van der Waals surface area contributed by atoms with Crippen LogP contribution in [0.4, 0.5) is 0 Å². The van der Waals surface area contributed by atoms with Gasteiger partial charge in [-0.05, 0) is 30.2 Å². The second-order valence-corrected chi connectivity index (χ2v) is 4.03.